The molecule has 3 rings (SSSR count). The van der Waals surface area contributed by atoms with Crippen molar-refractivity contribution < 1.29 is 23.5 Å². The Labute approximate surface area is 212 Å². The van der Waals surface area contributed by atoms with Crippen LogP contribution >= 0.6 is 0 Å². The van der Waals surface area contributed by atoms with Gasteiger partial charge in [0, 0.05) is 19.5 Å². The molecule has 0 aliphatic heterocycles. The third-order valence-corrected chi connectivity index (χ3v) is 6.06. The minimum atomic E-state index is -0.691. The predicted molar refractivity (Wildman–Crippen MR) is 137 cm³/mol. The van der Waals surface area contributed by atoms with E-state index in [2.05, 4.69) is 5.32 Å². The van der Waals surface area contributed by atoms with Crippen molar-refractivity contribution in [2.24, 2.45) is 0 Å². The Hall–Kier alpha value is -3.87. The predicted octanol–water partition coefficient (Wildman–Crippen LogP) is 4.55. The molecule has 190 valence electrons. The van der Waals surface area contributed by atoms with Crippen LogP contribution in [0.5, 0.6) is 11.5 Å². The van der Waals surface area contributed by atoms with Crippen molar-refractivity contribution in [3.8, 4) is 11.5 Å². The van der Waals surface area contributed by atoms with E-state index in [1.807, 2.05) is 48.5 Å². The highest BCUT2D eigenvalue weighted by Crippen LogP contribution is 2.27. The number of nitrogens with zero attached hydrogens (tertiary/aromatic N) is 1. The summed E-state index contributed by atoms with van der Waals surface area (Å²) in [7, 11) is 3.16. The lowest BCUT2D eigenvalue weighted by atomic mass is 10.1. The second-order valence-corrected chi connectivity index (χ2v) is 8.54. The summed E-state index contributed by atoms with van der Waals surface area (Å²) in [6.07, 6.45) is 1.44. The molecule has 0 bridgehead atoms. The van der Waals surface area contributed by atoms with E-state index in [4.69, 9.17) is 9.47 Å². The molecule has 1 atom stereocenters. The average Bonchev–Trinajstić information content (AvgIpc) is 2.91. The monoisotopic (exact) mass is 492 g/mol. The molecule has 3 aromatic rings. The number of aryl methyl sites for hydroxylation is 1. The maximum absolute atomic E-state index is 13.4. The topological polar surface area (TPSA) is 67.9 Å². The fourth-order valence-corrected chi connectivity index (χ4v) is 3.92. The number of nitrogens with one attached hydrogen (secondary N) is 1. The van der Waals surface area contributed by atoms with Crippen molar-refractivity contribution in [2.45, 2.75) is 38.8 Å². The quantitative estimate of drug-likeness (QED) is 0.403. The molecule has 1 N–H and O–H groups in total. The molecule has 3 aromatic carbocycles. The third-order valence-electron chi connectivity index (χ3n) is 6.06. The summed E-state index contributed by atoms with van der Waals surface area (Å²) in [5.74, 6) is 0.548. The van der Waals surface area contributed by atoms with Gasteiger partial charge in [-0.1, -0.05) is 48.5 Å². The lowest BCUT2D eigenvalue weighted by Crippen LogP contribution is -2.48. The molecule has 0 heterocycles. The number of ether oxygens (including phenoxy) is 2. The first kappa shape index (κ1) is 26.7. The van der Waals surface area contributed by atoms with Gasteiger partial charge in [0.1, 0.15) is 11.9 Å². The Kier molecular flexibility index (Phi) is 9.86. The molecule has 7 heteroatoms. The van der Waals surface area contributed by atoms with Gasteiger partial charge in [-0.25, -0.2) is 4.39 Å². The van der Waals surface area contributed by atoms with Gasteiger partial charge in [0.15, 0.2) is 11.5 Å². The first-order valence-electron chi connectivity index (χ1n) is 12.0. The Morgan fingerprint density at radius 3 is 2.19 bits per heavy atom. The number of carbonyl (C=O) groups excluding carboxylic acids is 2. The van der Waals surface area contributed by atoms with E-state index in [0.29, 0.717) is 30.9 Å². The Morgan fingerprint density at radius 2 is 1.53 bits per heavy atom. The number of hydrogen-bond acceptors (Lipinski definition) is 4. The molecule has 0 aromatic heterocycles. The van der Waals surface area contributed by atoms with Gasteiger partial charge < -0.3 is 19.7 Å². The van der Waals surface area contributed by atoms with Crippen LogP contribution in [0.25, 0.3) is 0 Å². The molecule has 0 spiro atoms. The number of hydrogen-bond donors (Lipinski definition) is 1. The van der Waals surface area contributed by atoms with E-state index < -0.39 is 6.04 Å². The van der Waals surface area contributed by atoms with Crippen LogP contribution < -0.4 is 14.8 Å². The van der Waals surface area contributed by atoms with Gasteiger partial charge in [-0.05, 0) is 60.7 Å². The maximum atomic E-state index is 13.4. The van der Waals surface area contributed by atoms with Crippen LogP contribution in [0.1, 0.15) is 30.0 Å². The summed E-state index contributed by atoms with van der Waals surface area (Å²) < 4.78 is 24.0. The first-order chi connectivity index (χ1) is 17.4. The molecule has 6 nitrogen and oxygen atoms in total. The molecule has 0 radical (unpaired) electrons. The highest BCUT2D eigenvalue weighted by atomic mass is 19.1. The molecule has 0 aliphatic carbocycles. The molecule has 0 unspecified atom stereocenters. The molecule has 36 heavy (non-hydrogen) atoms. The number of benzene rings is 3. The Bertz CT molecular complexity index is 1140. The van der Waals surface area contributed by atoms with E-state index in [0.717, 1.165) is 16.7 Å². The molecule has 0 saturated heterocycles. The summed E-state index contributed by atoms with van der Waals surface area (Å²) in [5.41, 5.74) is 2.80. The van der Waals surface area contributed by atoms with E-state index >= 15 is 0 Å². The van der Waals surface area contributed by atoms with E-state index in [-0.39, 0.29) is 30.6 Å². The largest absolute Gasteiger partial charge is 0.493 e. The number of methoxy groups -OCH3 is 2. The molecular formula is C29H33FN2O4. The number of halogens is 1. The Morgan fingerprint density at radius 1 is 0.861 bits per heavy atom. The zero-order chi connectivity index (χ0) is 25.9. The van der Waals surface area contributed by atoms with Crippen molar-refractivity contribution in [3.05, 3.63) is 95.3 Å². The average molecular weight is 493 g/mol. The summed E-state index contributed by atoms with van der Waals surface area (Å²) in [5, 5.41) is 2.94. The van der Waals surface area contributed by atoms with Crippen LogP contribution in [0.15, 0.2) is 72.8 Å². The normalized spacial score (nSPS) is 11.4. The lowest BCUT2D eigenvalue weighted by Gasteiger charge is -2.29. The second kappa shape index (κ2) is 13.3. The van der Waals surface area contributed by atoms with E-state index in [1.54, 1.807) is 38.2 Å². The number of amides is 2. The SMILES string of the molecule is COc1ccc(CCNC(=O)[C@@H](C)N(Cc2ccc(F)cc2)C(=O)CCc2ccccc2)cc1OC. The maximum Gasteiger partial charge on any atom is 0.242 e. The van der Waals surface area contributed by atoms with Gasteiger partial charge in [-0.2, -0.15) is 0 Å². The van der Waals surface area contributed by atoms with Crippen LogP contribution in [-0.4, -0.2) is 43.5 Å². The molecule has 0 fully saturated rings. The summed E-state index contributed by atoms with van der Waals surface area (Å²) in [4.78, 5) is 27.8. The zero-order valence-electron chi connectivity index (χ0n) is 21.0. The molecular weight excluding hydrogens is 459 g/mol. The number of carbonyl (C=O) groups is 2. The molecule has 0 aliphatic rings. The summed E-state index contributed by atoms with van der Waals surface area (Å²) in [6, 6.07) is 20.7. The lowest BCUT2D eigenvalue weighted by molar-refractivity contribution is -0.140. The third kappa shape index (κ3) is 7.57. The smallest absolute Gasteiger partial charge is 0.242 e. The van der Waals surface area contributed by atoms with Gasteiger partial charge >= 0.3 is 0 Å². The van der Waals surface area contributed by atoms with Gasteiger partial charge in [0.25, 0.3) is 0 Å². The van der Waals surface area contributed by atoms with Crippen molar-refractivity contribution >= 4 is 11.8 Å². The van der Waals surface area contributed by atoms with Crippen LogP contribution in [0.2, 0.25) is 0 Å². The minimum absolute atomic E-state index is 0.134. The fraction of sp³-hybridized carbons (Fsp3) is 0.310. The highest BCUT2D eigenvalue weighted by Gasteiger charge is 2.25. The minimum Gasteiger partial charge on any atom is -0.493 e. The van der Waals surface area contributed by atoms with Crippen molar-refractivity contribution in [1.82, 2.24) is 10.2 Å². The summed E-state index contributed by atoms with van der Waals surface area (Å²) >= 11 is 0. The van der Waals surface area contributed by atoms with Gasteiger partial charge in [0.2, 0.25) is 11.8 Å². The van der Waals surface area contributed by atoms with Crippen LogP contribution in [0.3, 0.4) is 0 Å². The van der Waals surface area contributed by atoms with Crippen LogP contribution in [0, 0.1) is 5.82 Å². The van der Waals surface area contributed by atoms with Gasteiger partial charge in [0.05, 0.1) is 14.2 Å². The van der Waals surface area contributed by atoms with E-state index in [1.165, 1.54) is 12.1 Å². The van der Waals surface area contributed by atoms with Crippen molar-refractivity contribution in [3.63, 3.8) is 0 Å². The van der Waals surface area contributed by atoms with Gasteiger partial charge in [-0.15, -0.1) is 0 Å². The first-order valence-corrected chi connectivity index (χ1v) is 12.0. The highest BCUT2D eigenvalue weighted by molar-refractivity contribution is 5.87. The van der Waals surface area contributed by atoms with Crippen molar-refractivity contribution in [2.75, 3.05) is 20.8 Å². The zero-order valence-corrected chi connectivity index (χ0v) is 21.0. The number of rotatable bonds is 12. The standard InChI is InChI=1S/C29H33FN2O4/c1-21(29(34)31-18-17-23-11-15-26(35-2)27(19-23)36-3)32(20-24-9-13-25(30)14-10-24)28(33)16-12-22-7-5-4-6-8-22/h4-11,13-15,19,21H,12,16-18,20H2,1-3H3,(H,31,34)/t21-/m1/s1. The second-order valence-electron chi connectivity index (χ2n) is 8.54. The van der Waals surface area contributed by atoms with Crippen LogP contribution in [0.4, 0.5) is 4.39 Å². The Balaban J connectivity index is 1.64. The van der Waals surface area contributed by atoms with E-state index in [9.17, 15) is 14.0 Å². The molecule has 2 amide bonds. The van der Waals surface area contributed by atoms with Crippen LogP contribution in [-0.2, 0) is 29.0 Å². The van der Waals surface area contributed by atoms with Crippen molar-refractivity contribution in [1.29, 1.82) is 0 Å². The molecule has 0 saturated carbocycles. The fourth-order valence-electron chi connectivity index (χ4n) is 3.92. The van der Waals surface area contributed by atoms with Gasteiger partial charge in [-0.3, -0.25) is 9.59 Å². The summed E-state index contributed by atoms with van der Waals surface area (Å²) in [6.45, 7) is 2.34.